The number of benzene rings is 4. The summed E-state index contributed by atoms with van der Waals surface area (Å²) in [5.41, 5.74) is 2.44. The van der Waals surface area contributed by atoms with Gasteiger partial charge in [-0.1, -0.05) is 42.3 Å². The normalized spacial score (nSPS) is 22.6. The minimum atomic E-state index is -1.66. The highest BCUT2D eigenvalue weighted by Crippen LogP contribution is 2.62. The first-order valence-corrected chi connectivity index (χ1v) is 22.2. The van der Waals surface area contributed by atoms with E-state index in [4.69, 9.17) is 33.3 Å². The van der Waals surface area contributed by atoms with Gasteiger partial charge in [0.15, 0.2) is 11.5 Å². The van der Waals surface area contributed by atoms with E-state index in [1.54, 1.807) is 42.5 Å². The van der Waals surface area contributed by atoms with Crippen molar-refractivity contribution in [2.24, 2.45) is 22.9 Å². The number of unbranched alkanes of at least 4 members (excludes halogenated alkanes) is 2. The van der Waals surface area contributed by atoms with Gasteiger partial charge in [0.1, 0.15) is 36.1 Å². The Hall–Kier alpha value is -7.02. The van der Waals surface area contributed by atoms with Crippen molar-refractivity contribution in [3.05, 3.63) is 141 Å². The molecule has 2 N–H and O–H groups in total. The van der Waals surface area contributed by atoms with Crippen LogP contribution in [0.4, 0.5) is 16.2 Å². The minimum absolute atomic E-state index is 0.00254. The van der Waals surface area contributed by atoms with Crippen LogP contribution in [0.3, 0.4) is 0 Å². The van der Waals surface area contributed by atoms with E-state index in [1.807, 2.05) is 12.1 Å². The molecule has 0 spiro atoms. The highest BCUT2D eigenvalue weighted by Gasteiger charge is 2.66. The van der Waals surface area contributed by atoms with Crippen molar-refractivity contribution in [1.29, 1.82) is 0 Å². The molecule has 0 radical (unpaired) electrons. The number of nitro benzene ring substituents is 2. The van der Waals surface area contributed by atoms with Crippen LogP contribution in [0.2, 0.25) is 0 Å². The topological polar surface area (TPSA) is 224 Å². The zero-order valence-electron chi connectivity index (χ0n) is 36.9. The lowest BCUT2D eigenvalue weighted by atomic mass is 9.55. The van der Waals surface area contributed by atoms with Crippen molar-refractivity contribution < 1.29 is 58.1 Å². The molecule has 67 heavy (non-hydrogen) atoms. The molecule has 0 saturated heterocycles. The Balaban J connectivity index is 1.32. The molecule has 2 heterocycles. The standard InChI is InChI=1S/C49H52N4O14/c1-3-23-64-49-45(51(29-31-13-19-43-44(24-31)63-30-62-43)48(56)66-35-16-14-33(15-17-35)52(57)58)28-41(50-61-2)39-25-32(9-4-6-21-54)38(12-5-7-22-55)46(47(39)49)40-27-37(18-20-42(40)67-49)65-36-11-8-10-34(26-36)53(59)60/h3,8,10-11,13-20,24-27,32,38,45-47,54-55H,1,4-7,9,12,21-23,28-30H2,2H3. The molecule has 4 aromatic carbocycles. The molecule has 4 aliphatic rings. The fourth-order valence-electron chi connectivity index (χ4n) is 9.95. The lowest BCUT2D eigenvalue weighted by molar-refractivity contribution is -0.385. The highest BCUT2D eigenvalue weighted by molar-refractivity contribution is 6.03. The van der Waals surface area contributed by atoms with E-state index in [0.29, 0.717) is 60.0 Å². The molecule has 1 saturated carbocycles. The third-order valence-corrected chi connectivity index (χ3v) is 12.8. The number of aliphatic hydroxyl groups excluding tert-OH is 2. The number of oxime groups is 1. The van der Waals surface area contributed by atoms with E-state index in [0.717, 1.165) is 24.0 Å². The SMILES string of the molecule is C=CCOC12Oc3ccc(Oc4cccc([N+](=O)[O-])c4)cc3C3C(CCCCO)C(CCCCO)C=C(C(=NOC)CC1N(Cc1ccc4c(c1)OCO4)C(=O)Oc1ccc([N+](=O)[O-])cc1)C32. The van der Waals surface area contributed by atoms with E-state index >= 15 is 4.79 Å². The lowest BCUT2D eigenvalue weighted by Gasteiger charge is -2.59. The summed E-state index contributed by atoms with van der Waals surface area (Å²) in [4.78, 5) is 44.3. The van der Waals surface area contributed by atoms with Crippen LogP contribution in [0.5, 0.6) is 34.5 Å². The number of carbonyl (C=O) groups is 1. The Morgan fingerprint density at radius 1 is 0.881 bits per heavy atom. The van der Waals surface area contributed by atoms with Gasteiger partial charge in [0, 0.05) is 55.9 Å². The number of hydrogen-bond donors (Lipinski definition) is 2. The second-order valence-electron chi connectivity index (χ2n) is 16.7. The Bertz CT molecular complexity index is 2530. The molecule has 1 amide bonds. The largest absolute Gasteiger partial charge is 0.459 e. The van der Waals surface area contributed by atoms with Crippen LogP contribution in [-0.4, -0.2) is 82.3 Å². The van der Waals surface area contributed by atoms with Crippen LogP contribution in [0.25, 0.3) is 0 Å². The molecule has 0 bridgehead atoms. The van der Waals surface area contributed by atoms with Gasteiger partial charge >= 0.3 is 6.09 Å². The number of nitrogens with zero attached hydrogens (tertiary/aromatic N) is 4. The second kappa shape index (κ2) is 20.7. The quantitative estimate of drug-likeness (QED) is 0.0365. The molecule has 4 aromatic rings. The van der Waals surface area contributed by atoms with Crippen molar-refractivity contribution in [1.82, 2.24) is 4.90 Å². The Morgan fingerprint density at radius 2 is 1.60 bits per heavy atom. The summed E-state index contributed by atoms with van der Waals surface area (Å²) in [5, 5.41) is 47.7. The molecule has 2 aliphatic carbocycles. The number of ether oxygens (including phenoxy) is 6. The Morgan fingerprint density at radius 3 is 2.33 bits per heavy atom. The molecule has 6 atom stereocenters. The zero-order chi connectivity index (χ0) is 47.1. The average Bonchev–Trinajstić information content (AvgIpc) is 3.80. The van der Waals surface area contributed by atoms with Gasteiger partial charge in [-0.05, 0) is 97.2 Å². The van der Waals surface area contributed by atoms with Crippen LogP contribution >= 0.6 is 0 Å². The third-order valence-electron chi connectivity index (χ3n) is 12.8. The number of rotatable bonds is 20. The number of amides is 1. The molecule has 18 nitrogen and oxygen atoms in total. The van der Waals surface area contributed by atoms with Crippen LogP contribution in [0.1, 0.15) is 62.0 Å². The van der Waals surface area contributed by atoms with Gasteiger partial charge in [-0.15, -0.1) is 6.58 Å². The maximum atomic E-state index is 15.0. The van der Waals surface area contributed by atoms with Crippen LogP contribution in [0.15, 0.2) is 114 Å². The maximum Gasteiger partial charge on any atom is 0.416 e. The fraction of sp³-hybridized carbons (Fsp3) is 0.388. The van der Waals surface area contributed by atoms with Gasteiger partial charge in [0.05, 0.1) is 34.1 Å². The van der Waals surface area contributed by atoms with E-state index in [2.05, 4.69) is 17.8 Å². The first-order valence-electron chi connectivity index (χ1n) is 22.2. The van der Waals surface area contributed by atoms with Crippen molar-refractivity contribution in [3.63, 3.8) is 0 Å². The summed E-state index contributed by atoms with van der Waals surface area (Å²) in [6.07, 6.45) is 7.02. The summed E-state index contributed by atoms with van der Waals surface area (Å²) >= 11 is 0. The summed E-state index contributed by atoms with van der Waals surface area (Å²) in [6.45, 7) is 4.00. The number of non-ortho nitro benzene ring substituents is 2. The molecule has 8 rings (SSSR count). The average molecular weight is 921 g/mol. The van der Waals surface area contributed by atoms with Crippen molar-refractivity contribution >= 4 is 23.2 Å². The highest BCUT2D eigenvalue weighted by atomic mass is 16.7. The summed E-state index contributed by atoms with van der Waals surface area (Å²) < 4.78 is 38.0. The molecule has 2 aliphatic heterocycles. The van der Waals surface area contributed by atoms with Crippen LogP contribution < -0.4 is 23.7 Å². The van der Waals surface area contributed by atoms with Crippen molar-refractivity contribution in [3.8, 4) is 34.5 Å². The van der Waals surface area contributed by atoms with Crippen molar-refractivity contribution in [2.75, 3.05) is 33.7 Å². The monoisotopic (exact) mass is 920 g/mol. The van der Waals surface area contributed by atoms with Crippen molar-refractivity contribution in [2.45, 2.75) is 69.2 Å². The smallest absolute Gasteiger partial charge is 0.416 e. The maximum absolute atomic E-state index is 15.0. The minimum Gasteiger partial charge on any atom is -0.459 e. The van der Waals surface area contributed by atoms with Gasteiger partial charge in [-0.2, -0.15) is 0 Å². The number of carbonyl (C=O) groups excluding carboxylic acids is 1. The van der Waals surface area contributed by atoms with E-state index < -0.39 is 39.6 Å². The molecule has 18 heteroatoms. The van der Waals surface area contributed by atoms with Gasteiger partial charge in [0.2, 0.25) is 12.6 Å². The molecule has 6 unspecified atom stereocenters. The predicted octanol–water partition coefficient (Wildman–Crippen LogP) is 8.99. The van der Waals surface area contributed by atoms with Gasteiger partial charge in [0.25, 0.3) is 11.4 Å². The van der Waals surface area contributed by atoms with E-state index in [9.17, 15) is 30.4 Å². The summed E-state index contributed by atoms with van der Waals surface area (Å²) in [7, 11) is 1.45. The first-order chi connectivity index (χ1) is 32.6. The Kier molecular flexibility index (Phi) is 14.3. The fourth-order valence-corrected chi connectivity index (χ4v) is 9.95. The number of allylic oxidation sites excluding steroid dienone is 1. The molecule has 352 valence electrons. The number of hydrogen-bond acceptors (Lipinski definition) is 15. The van der Waals surface area contributed by atoms with Gasteiger partial charge in [-0.3, -0.25) is 25.1 Å². The predicted molar refractivity (Wildman–Crippen MR) is 242 cm³/mol. The van der Waals surface area contributed by atoms with Crippen LogP contribution in [0, 0.1) is 38.0 Å². The molecular weight excluding hydrogens is 869 g/mol. The van der Waals surface area contributed by atoms with Gasteiger partial charge in [-0.25, -0.2) is 4.79 Å². The zero-order valence-corrected chi connectivity index (χ0v) is 36.9. The number of aliphatic hydroxyl groups is 2. The number of nitro groups is 2. The first kappa shape index (κ1) is 46.5. The van der Waals surface area contributed by atoms with Gasteiger partial charge < -0.3 is 43.5 Å². The van der Waals surface area contributed by atoms with E-state index in [-0.39, 0.29) is 74.3 Å². The molecule has 1 fully saturated rings. The molecular formula is C49H52N4O14. The number of fused-ring (bicyclic) bond motifs is 3. The summed E-state index contributed by atoms with van der Waals surface area (Å²) in [5.74, 6) is -0.717. The lowest BCUT2D eigenvalue weighted by Crippen LogP contribution is -2.70. The third kappa shape index (κ3) is 9.77. The van der Waals surface area contributed by atoms with E-state index in [1.165, 1.54) is 48.4 Å². The second-order valence-corrected chi connectivity index (χ2v) is 16.7. The Labute approximate surface area is 386 Å². The summed E-state index contributed by atoms with van der Waals surface area (Å²) in [6, 6.07) is 20.8. The molecule has 0 aromatic heterocycles. The van der Waals surface area contributed by atoms with Crippen LogP contribution in [-0.2, 0) is 16.1 Å².